The van der Waals surface area contributed by atoms with Crippen LogP contribution in [-0.2, 0) is 4.74 Å². The Morgan fingerprint density at radius 2 is 2.42 bits per heavy atom. The van der Waals surface area contributed by atoms with Crippen molar-refractivity contribution >= 4 is 0 Å². The van der Waals surface area contributed by atoms with Crippen LogP contribution in [0.3, 0.4) is 0 Å². The van der Waals surface area contributed by atoms with Gasteiger partial charge in [0.25, 0.3) is 0 Å². The van der Waals surface area contributed by atoms with Gasteiger partial charge in [0.05, 0.1) is 13.2 Å². The second kappa shape index (κ2) is 3.30. The molecule has 1 spiro atoms. The molecule has 12 heavy (non-hydrogen) atoms. The van der Waals surface area contributed by atoms with E-state index in [4.69, 9.17) is 4.74 Å². The van der Waals surface area contributed by atoms with Gasteiger partial charge < -0.3 is 10.1 Å². The molecule has 70 valence electrons. The average molecular weight is 173 g/mol. The summed E-state index contributed by atoms with van der Waals surface area (Å²) in [4.78, 5) is 0. The molecule has 0 radical (unpaired) electrons. The molecule has 2 saturated heterocycles. The van der Waals surface area contributed by atoms with E-state index in [0.29, 0.717) is 13.0 Å². The summed E-state index contributed by atoms with van der Waals surface area (Å²) in [6, 6.07) is 0. The molecule has 0 aromatic heterocycles. The van der Waals surface area contributed by atoms with Gasteiger partial charge >= 0.3 is 0 Å². The maximum Gasteiger partial charge on any atom is 0.124 e. The van der Waals surface area contributed by atoms with Crippen LogP contribution in [0.2, 0.25) is 0 Å². The number of halogens is 1. The molecule has 2 atom stereocenters. The second-order valence-electron chi connectivity index (χ2n) is 4.10. The Kier molecular flexibility index (Phi) is 2.33. The standard InChI is InChI=1S/C9H16FNO/c10-8-4-9(7-12-5-8)2-1-3-11-6-9/h8,11H,1-7H2. The molecule has 0 amide bonds. The van der Waals surface area contributed by atoms with Gasteiger partial charge in [-0.05, 0) is 25.8 Å². The smallest absolute Gasteiger partial charge is 0.124 e. The Balaban J connectivity index is 1.97. The molecular formula is C9H16FNO. The summed E-state index contributed by atoms with van der Waals surface area (Å²) in [5.74, 6) is 0. The monoisotopic (exact) mass is 173 g/mol. The highest BCUT2D eigenvalue weighted by molar-refractivity contribution is 4.89. The van der Waals surface area contributed by atoms with Gasteiger partial charge in [-0.3, -0.25) is 0 Å². The summed E-state index contributed by atoms with van der Waals surface area (Å²) in [6.07, 6.45) is 2.25. The van der Waals surface area contributed by atoms with Crippen LogP contribution in [0, 0.1) is 5.41 Å². The Labute approximate surface area is 72.5 Å². The zero-order valence-electron chi connectivity index (χ0n) is 7.31. The average Bonchev–Trinajstić information content (AvgIpc) is 2.05. The fourth-order valence-electron chi connectivity index (χ4n) is 2.32. The van der Waals surface area contributed by atoms with Crippen LogP contribution in [0.25, 0.3) is 0 Å². The second-order valence-corrected chi connectivity index (χ2v) is 4.10. The Morgan fingerprint density at radius 1 is 1.50 bits per heavy atom. The molecule has 0 aliphatic carbocycles. The Bertz CT molecular complexity index is 151. The minimum Gasteiger partial charge on any atom is -0.378 e. The molecule has 0 aromatic carbocycles. The third-order valence-corrected chi connectivity index (χ3v) is 2.92. The third kappa shape index (κ3) is 1.62. The van der Waals surface area contributed by atoms with Crippen molar-refractivity contribution < 1.29 is 9.13 Å². The Hall–Kier alpha value is -0.150. The summed E-state index contributed by atoms with van der Waals surface area (Å²) < 4.78 is 18.3. The van der Waals surface area contributed by atoms with Crippen molar-refractivity contribution in [2.45, 2.75) is 25.4 Å². The zero-order valence-corrected chi connectivity index (χ0v) is 7.31. The summed E-state index contributed by atoms with van der Waals surface area (Å²) >= 11 is 0. The molecule has 0 saturated carbocycles. The number of hydrogen-bond donors (Lipinski definition) is 1. The lowest BCUT2D eigenvalue weighted by Gasteiger charge is -2.41. The van der Waals surface area contributed by atoms with Gasteiger partial charge in [-0.2, -0.15) is 0 Å². The van der Waals surface area contributed by atoms with Crippen molar-refractivity contribution in [1.29, 1.82) is 0 Å². The Morgan fingerprint density at radius 3 is 3.08 bits per heavy atom. The summed E-state index contributed by atoms with van der Waals surface area (Å²) in [5, 5.41) is 3.32. The van der Waals surface area contributed by atoms with Crippen LogP contribution in [0.15, 0.2) is 0 Å². The first-order valence-electron chi connectivity index (χ1n) is 4.73. The van der Waals surface area contributed by atoms with Gasteiger partial charge in [0.1, 0.15) is 6.17 Å². The largest absolute Gasteiger partial charge is 0.378 e. The molecule has 0 aromatic rings. The van der Waals surface area contributed by atoms with Gasteiger partial charge in [0.2, 0.25) is 0 Å². The van der Waals surface area contributed by atoms with Crippen LogP contribution in [0.4, 0.5) is 4.39 Å². The molecule has 1 N–H and O–H groups in total. The molecule has 2 nitrogen and oxygen atoms in total. The molecule has 2 unspecified atom stereocenters. The van der Waals surface area contributed by atoms with E-state index in [1.54, 1.807) is 0 Å². The van der Waals surface area contributed by atoms with Gasteiger partial charge in [0, 0.05) is 12.0 Å². The van der Waals surface area contributed by atoms with Crippen molar-refractivity contribution in [3.63, 3.8) is 0 Å². The highest BCUT2D eigenvalue weighted by Gasteiger charge is 2.38. The van der Waals surface area contributed by atoms with Crippen molar-refractivity contribution in [1.82, 2.24) is 5.32 Å². The molecule has 2 aliphatic heterocycles. The first-order valence-corrected chi connectivity index (χ1v) is 4.73. The summed E-state index contributed by atoms with van der Waals surface area (Å²) in [6.45, 7) is 3.08. The maximum atomic E-state index is 13.1. The van der Waals surface area contributed by atoms with Crippen LogP contribution in [-0.4, -0.2) is 32.5 Å². The highest BCUT2D eigenvalue weighted by atomic mass is 19.1. The minimum atomic E-state index is -0.737. The van der Waals surface area contributed by atoms with E-state index >= 15 is 0 Å². The number of alkyl halides is 1. The van der Waals surface area contributed by atoms with E-state index in [-0.39, 0.29) is 5.41 Å². The van der Waals surface area contributed by atoms with E-state index in [1.165, 1.54) is 0 Å². The number of rotatable bonds is 0. The van der Waals surface area contributed by atoms with E-state index in [1.807, 2.05) is 0 Å². The molecule has 2 aliphatic rings. The van der Waals surface area contributed by atoms with E-state index in [0.717, 1.165) is 32.5 Å². The highest BCUT2D eigenvalue weighted by Crippen LogP contribution is 2.35. The lowest BCUT2D eigenvalue weighted by molar-refractivity contribution is -0.0617. The van der Waals surface area contributed by atoms with Gasteiger partial charge in [0.15, 0.2) is 0 Å². The van der Waals surface area contributed by atoms with Crippen LogP contribution >= 0.6 is 0 Å². The normalized spacial score (nSPS) is 43.2. The lowest BCUT2D eigenvalue weighted by atomic mass is 9.76. The van der Waals surface area contributed by atoms with E-state index < -0.39 is 6.17 Å². The number of piperidine rings is 1. The summed E-state index contributed by atoms with van der Waals surface area (Å²) in [7, 11) is 0. The predicted octanol–water partition coefficient (Wildman–Crippen LogP) is 1.11. The van der Waals surface area contributed by atoms with Crippen molar-refractivity contribution in [2.75, 3.05) is 26.3 Å². The molecule has 2 heterocycles. The van der Waals surface area contributed by atoms with Crippen LogP contribution in [0.1, 0.15) is 19.3 Å². The molecule has 0 bridgehead atoms. The fourth-order valence-corrected chi connectivity index (χ4v) is 2.32. The van der Waals surface area contributed by atoms with Crippen molar-refractivity contribution in [3.05, 3.63) is 0 Å². The lowest BCUT2D eigenvalue weighted by Crippen LogP contribution is -2.48. The van der Waals surface area contributed by atoms with Gasteiger partial charge in [-0.15, -0.1) is 0 Å². The van der Waals surface area contributed by atoms with E-state index in [9.17, 15) is 4.39 Å². The molecule has 3 heteroatoms. The third-order valence-electron chi connectivity index (χ3n) is 2.92. The topological polar surface area (TPSA) is 21.3 Å². The van der Waals surface area contributed by atoms with Crippen LogP contribution < -0.4 is 5.32 Å². The van der Waals surface area contributed by atoms with Gasteiger partial charge in [-0.25, -0.2) is 4.39 Å². The maximum absolute atomic E-state index is 13.1. The molecule has 2 fully saturated rings. The zero-order chi connectivity index (χ0) is 8.44. The number of hydrogen-bond acceptors (Lipinski definition) is 2. The molecular weight excluding hydrogens is 157 g/mol. The minimum absolute atomic E-state index is 0.121. The summed E-state index contributed by atoms with van der Waals surface area (Å²) in [5.41, 5.74) is 0.121. The first kappa shape index (κ1) is 8.45. The first-order chi connectivity index (χ1) is 5.81. The number of ether oxygens (including phenoxy) is 1. The quantitative estimate of drug-likeness (QED) is 0.592. The fraction of sp³-hybridized carbons (Fsp3) is 1.00. The van der Waals surface area contributed by atoms with Crippen molar-refractivity contribution in [3.8, 4) is 0 Å². The van der Waals surface area contributed by atoms with E-state index in [2.05, 4.69) is 5.32 Å². The van der Waals surface area contributed by atoms with Crippen molar-refractivity contribution in [2.24, 2.45) is 5.41 Å². The number of nitrogens with one attached hydrogen (secondary N) is 1. The van der Waals surface area contributed by atoms with Gasteiger partial charge in [-0.1, -0.05) is 0 Å². The predicted molar refractivity (Wildman–Crippen MR) is 44.9 cm³/mol. The molecule has 2 rings (SSSR count). The van der Waals surface area contributed by atoms with Crippen LogP contribution in [0.5, 0.6) is 0 Å². The SMILES string of the molecule is FC1COCC2(CCCNC2)C1.